The van der Waals surface area contributed by atoms with Gasteiger partial charge >= 0.3 is 0 Å². The third kappa shape index (κ3) is 5.65. The Bertz CT molecular complexity index is 348. The summed E-state index contributed by atoms with van der Waals surface area (Å²) in [6, 6.07) is 0.605. The van der Waals surface area contributed by atoms with E-state index in [1.165, 1.54) is 51.7 Å². The summed E-state index contributed by atoms with van der Waals surface area (Å²) in [5, 5.41) is 7.91. The molecule has 0 spiro atoms. The molecular weight excluding hydrogens is 292 g/mol. The fourth-order valence-corrected chi connectivity index (χ4v) is 4.40. The first-order valence-electron chi connectivity index (χ1n) is 9.05. The highest BCUT2D eigenvalue weighted by Crippen LogP contribution is 2.28. The lowest BCUT2D eigenvalue weighted by Gasteiger charge is -2.31. The van der Waals surface area contributed by atoms with E-state index in [1.807, 2.05) is 11.8 Å². The van der Waals surface area contributed by atoms with Crippen molar-refractivity contribution >= 4 is 17.7 Å². The van der Waals surface area contributed by atoms with Crippen LogP contribution in [0.15, 0.2) is 4.99 Å². The molecule has 128 valence electrons. The van der Waals surface area contributed by atoms with Gasteiger partial charge in [0.2, 0.25) is 0 Å². The van der Waals surface area contributed by atoms with Crippen LogP contribution in [-0.4, -0.2) is 61.1 Å². The molecule has 2 fully saturated rings. The number of nitrogens with zero attached hydrogens (tertiary/aromatic N) is 2. The van der Waals surface area contributed by atoms with Gasteiger partial charge in [-0.05, 0) is 64.3 Å². The summed E-state index contributed by atoms with van der Waals surface area (Å²) in [6.07, 6.45) is 8.79. The molecule has 1 aliphatic heterocycles. The number of likely N-dealkylation sites (tertiary alicyclic amines) is 1. The first kappa shape index (κ1) is 17.9. The van der Waals surface area contributed by atoms with Gasteiger partial charge in [0.25, 0.3) is 0 Å². The van der Waals surface area contributed by atoms with Crippen LogP contribution in [0.1, 0.15) is 46.0 Å². The minimum absolute atomic E-state index is 0.605. The van der Waals surface area contributed by atoms with Crippen molar-refractivity contribution in [2.75, 3.05) is 39.0 Å². The molecule has 0 amide bonds. The van der Waals surface area contributed by atoms with E-state index < -0.39 is 0 Å². The van der Waals surface area contributed by atoms with E-state index in [0.717, 1.165) is 30.2 Å². The lowest BCUT2D eigenvalue weighted by atomic mass is 9.98. The van der Waals surface area contributed by atoms with Gasteiger partial charge in [-0.3, -0.25) is 4.99 Å². The molecule has 0 bridgehead atoms. The van der Waals surface area contributed by atoms with Gasteiger partial charge in [-0.15, -0.1) is 0 Å². The summed E-state index contributed by atoms with van der Waals surface area (Å²) in [4.78, 5) is 7.44. The maximum absolute atomic E-state index is 4.88. The average molecular weight is 327 g/mol. The molecule has 0 aromatic carbocycles. The fourth-order valence-electron chi connectivity index (χ4n) is 3.61. The van der Waals surface area contributed by atoms with Crippen molar-refractivity contribution in [3.8, 4) is 0 Å². The number of hydrogen-bond donors (Lipinski definition) is 2. The number of hydrogen-bond acceptors (Lipinski definition) is 3. The van der Waals surface area contributed by atoms with Crippen molar-refractivity contribution in [1.82, 2.24) is 15.5 Å². The summed E-state index contributed by atoms with van der Waals surface area (Å²) >= 11 is 2.01. The van der Waals surface area contributed by atoms with Gasteiger partial charge in [0.1, 0.15) is 0 Å². The molecule has 1 aliphatic carbocycles. The molecule has 0 radical (unpaired) electrons. The molecule has 5 heteroatoms. The molecule has 3 unspecified atom stereocenters. The van der Waals surface area contributed by atoms with Crippen molar-refractivity contribution in [3.63, 3.8) is 0 Å². The van der Waals surface area contributed by atoms with E-state index in [-0.39, 0.29) is 0 Å². The fraction of sp³-hybridized carbons (Fsp3) is 0.941. The predicted molar refractivity (Wildman–Crippen MR) is 98.9 cm³/mol. The van der Waals surface area contributed by atoms with E-state index in [0.29, 0.717) is 6.04 Å². The summed E-state index contributed by atoms with van der Waals surface area (Å²) in [6.45, 7) is 9.98. The van der Waals surface area contributed by atoms with Crippen LogP contribution in [0.2, 0.25) is 0 Å². The lowest BCUT2D eigenvalue weighted by Crippen LogP contribution is -2.43. The Morgan fingerprint density at radius 2 is 2.14 bits per heavy atom. The Morgan fingerprint density at radius 1 is 1.27 bits per heavy atom. The third-order valence-electron chi connectivity index (χ3n) is 4.96. The summed E-state index contributed by atoms with van der Waals surface area (Å²) in [5.41, 5.74) is 0. The number of guanidine groups is 1. The van der Waals surface area contributed by atoms with Gasteiger partial charge < -0.3 is 15.5 Å². The Morgan fingerprint density at radius 3 is 2.82 bits per heavy atom. The summed E-state index contributed by atoms with van der Waals surface area (Å²) in [5.74, 6) is 1.76. The van der Waals surface area contributed by atoms with Crippen LogP contribution in [0, 0.1) is 5.92 Å². The van der Waals surface area contributed by atoms with E-state index >= 15 is 0 Å². The van der Waals surface area contributed by atoms with Crippen molar-refractivity contribution < 1.29 is 0 Å². The molecular formula is C17H34N4S. The SMILES string of the molecule is CCNC(=NCC1CCCN(CC)C1)NC1CCC(SC)C1. The maximum Gasteiger partial charge on any atom is 0.191 e. The molecule has 1 saturated heterocycles. The minimum atomic E-state index is 0.605. The zero-order valence-electron chi connectivity index (χ0n) is 14.6. The van der Waals surface area contributed by atoms with Crippen LogP contribution in [0.5, 0.6) is 0 Å². The van der Waals surface area contributed by atoms with Crippen LogP contribution in [0.4, 0.5) is 0 Å². The third-order valence-corrected chi connectivity index (χ3v) is 6.06. The largest absolute Gasteiger partial charge is 0.357 e. The topological polar surface area (TPSA) is 39.7 Å². The van der Waals surface area contributed by atoms with E-state index in [1.54, 1.807) is 0 Å². The van der Waals surface area contributed by atoms with Crippen molar-refractivity contribution in [3.05, 3.63) is 0 Å². The van der Waals surface area contributed by atoms with E-state index in [9.17, 15) is 0 Å². The van der Waals surface area contributed by atoms with Crippen LogP contribution in [0.25, 0.3) is 0 Å². The monoisotopic (exact) mass is 326 g/mol. The summed E-state index contributed by atoms with van der Waals surface area (Å²) < 4.78 is 0. The molecule has 4 nitrogen and oxygen atoms in total. The predicted octanol–water partition coefficient (Wildman–Crippen LogP) is 2.56. The van der Waals surface area contributed by atoms with Gasteiger partial charge in [0.15, 0.2) is 5.96 Å². The smallest absolute Gasteiger partial charge is 0.191 e. The molecule has 3 atom stereocenters. The number of piperidine rings is 1. The highest BCUT2D eigenvalue weighted by atomic mass is 32.2. The lowest BCUT2D eigenvalue weighted by molar-refractivity contribution is 0.186. The molecule has 1 heterocycles. The first-order chi connectivity index (χ1) is 10.7. The second-order valence-electron chi connectivity index (χ2n) is 6.63. The molecule has 0 aromatic rings. The number of nitrogens with one attached hydrogen (secondary N) is 2. The quantitative estimate of drug-likeness (QED) is 0.581. The molecule has 2 N–H and O–H groups in total. The number of rotatable bonds is 6. The second kappa shape index (κ2) is 9.66. The van der Waals surface area contributed by atoms with Gasteiger partial charge in [-0.2, -0.15) is 11.8 Å². The van der Waals surface area contributed by atoms with Crippen LogP contribution in [-0.2, 0) is 0 Å². The standard InChI is InChI=1S/C17H34N4S/c1-4-18-17(20-15-8-9-16(11-15)22-3)19-12-14-7-6-10-21(5-2)13-14/h14-16H,4-13H2,1-3H3,(H2,18,19,20). The van der Waals surface area contributed by atoms with Crippen molar-refractivity contribution in [2.45, 2.75) is 57.2 Å². The van der Waals surface area contributed by atoms with Crippen LogP contribution in [0.3, 0.4) is 0 Å². The molecule has 2 rings (SSSR count). The average Bonchev–Trinajstić information content (AvgIpc) is 3.00. The molecule has 1 saturated carbocycles. The molecule has 2 aliphatic rings. The molecule has 0 aromatic heterocycles. The van der Waals surface area contributed by atoms with Gasteiger partial charge in [0.05, 0.1) is 0 Å². The minimum Gasteiger partial charge on any atom is -0.357 e. The first-order valence-corrected chi connectivity index (χ1v) is 10.3. The Kier molecular flexibility index (Phi) is 7.87. The Hall–Kier alpha value is -0.420. The van der Waals surface area contributed by atoms with Crippen molar-refractivity contribution in [2.24, 2.45) is 10.9 Å². The van der Waals surface area contributed by atoms with Gasteiger partial charge in [0, 0.05) is 30.9 Å². The van der Waals surface area contributed by atoms with E-state index in [2.05, 4.69) is 35.6 Å². The zero-order valence-corrected chi connectivity index (χ0v) is 15.4. The Labute approximate surface area is 140 Å². The second-order valence-corrected chi connectivity index (χ2v) is 7.77. The number of aliphatic imine (C=N–C) groups is 1. The number of thioether (sulfide) groups is 1. The van der Waals surface area contributed by atoms with E-state index in [4.69, 9.17) is 4.99 Å². The summed E-state index contributed by atoms with van der Waals surface area (Å²) in [7, 11) is 0. The maximum atomic E-state index is 4.88. The highest BCUT2D eigenvalue weighted by Gasteiger charge is 2.24. The Balaban J connectivity index is 1.81. The molecule has 22 heavy (non-hydrogen) atoms. The highest BCUT2D eigenvalue weighted by molar-refractivity contribution is 7.99. The van der Waals surface area contributed by atoms with Gasteiger partial charge in [-0.25, -0.2) is 0 Å². The zero-order chi connectivity index (χ0) is 15.8. The normalized spacial score (nSPS) is 30.5. The van der Waals surface area contributed by atoms with Crippen LogP contribution < -0.4 is 10.6 Å². The van der Waals surface area contributed by atoms with Gasteiger partial charge in [-0.1, -0.05) is 6.92 Å². The van der Waals surface area contributed by atoms with Crippen LogP contribution >= 0.6 is 11.8 Å². The van der Waals surface area contributed by atoms with Crippen molar-refractivity contribution in [1.29, 1.82) is 0 Å².